The Labute approximate surface area is 130 Å². The van der Waals surface area contributed by atoms with Gasteiger partial charge >= 0.3 is 0 Å². The lowest BCUT2D eigenvalue weighted by molar-refractivity contribution is 0.0880. The third-order valence-electron chi connectivity index (χ3n) is 5.55. The van der Waals surface area contributed by atoms with Gasteiger partial charge in [0.05, 0.1) is 0 Å². The Morgan fingerprint density at radius 1 is 1.19 bits per heavy atom. The van der Waals surface area contributed by atoms with Gasteiger partial charge in [0.25, 0.3) is 0 Å². The molecule has 0 saturated heterocycles. The maximum atomic E-state index is 6.13. The lowest BCUT2D eigenvalue weighted by atomic mass is 9.75. The second-order valence-electron chi connectivity index (χ2n) is 7.56. The van der Waals surface area contributed by atoms with Crippen LogP contribution in [0.25, 0.3) is 0 Å². The van der Waals surface area contributed by atoms with Crippen molar-refractivity contribution in [3.8, 4) is 0 Å². The molecular formula is C19H32N2. The Balaban J connectivity index is 2.03. The standard InChI is InChI=1S/C19H32N2/c1-15(16-8-6-5-7-9-16)18(14-20)21(4)17-10-12-19(2,3)13-11-17/h5-9,15,17-18H,10-14,20H2,1-4H3. The van der Waals surface area contributed by atoms with Crippen LogP contribution in [0, 0.1) is 5.41 Å². The van der Waals surface area contributed by atoms with Crippen LogP contribution in [0.4, 0.5) is 0 Å². The van der Waals surface area contributed by atoms with Gasteiger partial charge in [0.2, 0.25) is 0 Å². The topological polar surface area (TPSA) is 29.3 Å². The maximum Gasteiger partial charge on any atom is 0.0284 e. The van der Waals surface area contributed by atoms with Crippen molar-refractivity contribution in [2.45, 2.75) is 64.5 Å². The van der Waals surface area contributed by atoms with Crippen molar-refractivity contribution in [1.29, 1.82) is 0 Å². The van der Waals surface area contributed by atoms with Crippen molar-refractivity contribution < 1.29 is 0 Å². The first-order valence-corrected chi connectivity index (χ1v) is 8.41. The number of hydrogen-bond donors (Lipinski definition) is 1. The number of hydrogen-bond acceptors (Lipinski definition) is 2. The highest BCUT2D eigenvalue weighted by Gasteiger charge is 2.32. The quantitative estimate of drug-likeness (QED) is 0.886. The summed E-state index contributed by atoms with van der Waals surface area (Å²) in [7, 11) is 2.28. The zero-order valence-electron chi connectivity index (χ0n) is 14.2. The van der Waals surface area contributed by atoms with Crippen LogP contribution in [-0.2, 0) is 0 Å². The summed E-state index contributed by atoms with van der Waals surface area (Å²) < 4.78 is 0. The van der Waals surface area contributed by atoms with E-state index in [0.29, 0.717) is 23.4 Å². The minimum absolute atomic E-state index is 0.429. The van der Waals surface area contributed by atoms with E-state index < -0.39 is 0 Å². The molecule has 0 amide bonds. The van der Waals surface area contributed by atoms with Crippen LogP contribution >= 0.6 is 0 Å². The number of likely N-dealkylation sites (N-methyl/N-ethyl adjacent to an activating group) is 1. The van der Waals surface area contributed by atoms with Crippen LogP contribution in [0.15, 0.2) is 30.3 Å². The predicted molar refractivity (Wildman–Crippen MR) is 91.5 cm³/mol. The highest BCUT2D eigenvalue weighted by atomic mass is 15.2. The van der Waals surface area contributed by atoms with Gasteiger partial charge in [0.1, 0.15) is 0 Å². The molecular weight excluding hydrogens is 256 g/mol. The molecule has 2 nitrogen and oxygen atoms in total. The van der Waals surface area contributed by atoms with Gasteiger partial charge in [-0.3, -0.25) is 4.90 Å². The Kier molecular flexibility index (Phi) is 5.45. The SMILES string of the molecule is CC(c1ccccc1)C(CN)N(C)C1CCC(C)(C)CC1. The van der Waals surface area contributed by atoms with E-state index in [1.54, 1.807) is 0 Å². The van der Waals surface area contributed by atoms with Gasteiger partial charge in [-0.15, -0.1) is 0 Å². The van der Waals surface area contributed by atoms with E-state index in [-0.39, 0.29) is 0 Å². The molecule has 2 N–H and O–H groups in total. The molecule has 2 heteroatoms. The Morgan fingerprint density at radius 2 is 1.76 bits per heavy atom. The molecule has 21 heavy (non-hydrogen) atoms. The normalized spacial score (nSPS) is 22.2. The van der Waals surface area contributed by atoms with Crippen LogP contribution in [0.3, 0.4) is 0 Å². The summed E-state index contributed by atoms with van der Waals surface area (Å²) in [6.45, 7) is 7.84. The molecule has 1 aromatic carbocycles. The fourth-order valence-corrected chi connectivity index (χ4v) is 3.76. The van der Waals surface area contributed by atoms with Gasteiger partial charge in [0, 0.05) is 18.6 Å². The molecule has 0 radical (unpaired) electrons. The molecule has 1 fully saturated rings. The molecule has 0 aromatic heterocycles. The van der Waals surface area contributed by atoms with E-state index in [4.69, 9.17) is 5.73 Å². The Bertz CT molecular complexity index is 416. The third kappa shape index (κ3) is 4.08. The summed E-state index contributed by atoms with van der Waals surface area (Å²) in [5.74, 6) is 0.483. The zero-order valence-corrected chi connectivity index (χ0v) is 14.2. The fourth-order valence-electron chi connectivity index (χ4n) is 3.76. The van der Waals surface area contributed by atoms with Crippen LogP contribution in [-0.4, -0.2) is 30.6 Å². The lowest BCUT2D eigenvalue weighted by Gasteiger charge is -2.43. The Morgan fingerprint density at radius 3 is 2.29 bits per heavy atom. The monoisotopic (exact) mass is 288 g/mol. The van der Waals surface area contributed by atoms with E-state index >= 15 is 0 Å². The zero-order chi connectivity index (χ0) is 15.5. The van der Waals surface area contributed by atoms with E-state index in [1.807, 2.05) is 0 Å². The molecule has 1 saturated carbocycles. The summed E-state index contributed by atoms with van der Waals surface area (Å²) >= 11 is 0. The summed E-state index contributed by atoms with van der Waals surface area (Å²) in [4.78, 5) is 2.56. The van der Waals surface area contributed by atoms with Crippen molar-refractivity contribution in [2.24, 2.45) is 11.1 Å². The first kappa shape index (κ1) is 16.5. The molecule has 1 aromatic rings. The fraction of sp³-hybridized carbons (Fsp3) is 0.684. The number of nitrogens with two attached hydrogens (primary N) is 1. The molecule has 0 bridgehead atoms. The van der Waals surface area contributed by atoms with E-state index in [9.17, 15) is 0 Å². The lowest BCUT2D eigenvalue weighted by Crippen LogP contribution is -2.48. The van der Waals surface area contributed by atoms with Gasteiger partial charge in [-0.05, 0) is 49.6 Å². The second-order valence-corrected chi connectivity index (χ2v) is 7.56. The summed E-state index contributed by atoms with van der Waals surface area (Å²) in [6.07, 6.45) is 5.28. The largest absolute Gasteiger partial charge is 0.329 e. The van der Waals surface area contributed by atoms with Gasteiger partial charge in [-0.2, -0.15) is 0 Å². The first-order valence-electron chi connectivity index (χ1n) is 8.41. The predicted octanol–water partition coefficient (Wildman–Crippen LogP) is 4.02. The van der Waals surface area contributed by atoms with Crippen molar-refractivity contribution in [1.82, 2.24) is 4.90 Å². The highest BCUT2D eigenvalue weighted by molar-refractivity contribution is 5.20. The van der Waals surface area contributed by atoms with Gasteiger partial charge in [-0.25, -0.2) is 0 Å². The van der Waals surface area contributed by atoms with Gasteiger partial charge in [-0.1, -0.05) is 51.1 Å². The first-order chi connectivity index (χ1) is 9.94. The van der Waals surface area contributed by atoms with E-state index in [2.05, 4.69) is 63.1 Å². The molecule has 2 rings (SSSR count). The molecule has 0 spiro atoms. The molecule has 118 valence electrons. The minimum atomic E-state index is 0.429. The minimum Gasteiger partial charge on any atom is -0.329 e. The average molecular weight is 288 g/mol. The van der Waals surface area contributed by atoms with Crippen molar-refractivity contribution in [3.05, 3.63) is 35.9 Å². The third-order valence-corrected chi connectivity index (χ3v) is 5.55. The van der Waals surface area contributed by atoms with Crippen LogP contribution < -0.4 is 5.73 Å². The van der Waals surface area contributed by atoms with Crippen molar-refractivity contribution in [2.75, 3.05) is 13.6 Å². The molecule has 1 aliphatic rings. The van der Waals surface area contributed by atoms with Crippen molar-refractivity contribution >= 4 is 0 Å². The van der Waals surface area contributed by atoms with Crippen LogP contribution in [0.2, 0.25) is 0 Å². The summed E-state index contributed by atoms with van der Waals surface area (Å²) in [6, 6.07) is 11.9. The van der Waals surface area contributed by atoms with Gasteiger partial charge < -0.3 is 5.73 Å². The number of rotatable bonds is 5. The van der Waals surface area contributed by atoms with E-state index in [1.165, 1.54) is 31.2 Å². The highest BCUT2D eigenvalue weighted by Crippen LogP contribution is 2.38. The maximum absolute atomic E-state index is 6.13. The number of benzene rings is 1. The summed E-state index contributed by atoms with van der Waals surface area (Å²) in [5, 5.41) is 0. The summed E-state index contributed by atoms with van der Waals surface area (Å²) in [5.41, 5.74) is 8.06. The molecule has 2 atom stereocenters. The smallest absolute Gasteiger partial charge is 0.0284 e. The molecule has 0 heterocycles. The molecule has 1 aliphatic carbocycles. The van der Waals surface area contributed by atoms with Crippen LogP contribution in [0.5, 0.6) is 0 Å². The van der Waals surface area contributed by atoms with Crippen molar-refractivity contribution in [3.63, 3.8) is 0 Å². The Hall–Kier alpha value is -0.860. The average Bonchev–Trinajstić information content (AvgIpc) is 2.48. The van der Waals surface area contributed by atoms with Gasteiger partial charge in [0.15, 0.2) is 0 Å². The molecule has 2 unspecified atom stereocenters. The van der Waals surface area contributed by atoms with Crippen LogP contribution in [0.1, 0.15) is 57.9 Å². The van der Waals surface area contributed by atoms with E-state index in [0.717, 1.165) is 6.54 Å². The second kappa shape index (κ2) is 6.93. The molecule has 0 aliphatic heterocycles. The number of nitrogens with zero attached hydrogens (tertiary/aromatic N) is 1.